The van der Waals surface area contributed by atoms with Crippen molar-refractivity contribution in [2.24, 2.45) is 0 Å². The molecule has 1 saturated carbocycles. The molecular weight excluding hydrogens is 445 g/mol. The van der Waals surface area contributed by atoms with Crippen molar-refractivity contribution in [2.75, 3.05) is 7.11 Å². The molecule has 0 radical (unpaired) electrons. The topological polar surface area (TPSA) is 44.1 Å². The van der Waals surface area contributed by atoms with Crippen LogP contribution < -0.4 is 0 Å². The van der Waals surface area contributed by atoms with Crippen LogP contribution in [0.25, 0.3) is 16.9 Å². The maximum atomic E-state index is 15.2. The molecule has 162 valence electrons. The zero-order valence-electron chi connectivity index (χ0n) is 16.8. The Hall–Kier alpha value is -2.44. The fourth-order valence-corrected chi connectivity index (χ4v) is 4.48. The fraction of sp³-hybridized carbons (Fsp3) is 0.304. The van der Waals surface area contributed by atoms with Gasteiger partial charge in [0.25, 0.3) is 0 Å². The van der Waals surface area contributed by atoms with Gasteiger partial charge in [0.05, 0.1) is 28.5 Å². The molecule has 0 spiro atoms. The van der Waals surface area contributed by atoms with Gasteiger partial charge in [-0.3, -0.25) is 4.57 Å². The highest BCUT2D eigenvalue weighted by molar-refractivity contribution is 6.31. The van der Waals surface area contributed by atoms with Gasteiger partial charge in [-0.25, -0.2) is 18.6 Å². The maximum absolute atomic E-state index is 15.2. The summed E-state index contributed by atoms with van der Waals surface area (Å²) in [4.78, 5) is 17.3. The molecule has 0 aliphatic heterocycles. The number of carbonyl (C=O) groups excluding carboxylic acids is 1. The van der Waals surface area contributed by atoms with Crippen molar-refractivity contribution in [3.05, 3.63) is 69.6 Å². The smallest absolute Gasteiger partial charge is 0.358 e. The Bertz CT molecular complexity index is 1140. The minimum Gasteiger partial charge on any atom is -0.464 e. The molecule has 0 unspecified atom stereocenters. The van der Waals surface area contributed by atoms with E-state index in [0.717, 1.165) is 32.1 Å². The van der Waals surface area contributed by atoms with E-state index in [2.05, 4.69) is 4.98 Å². The number of ether oxygens (including phenoxy) is 1. The van der Waals surface area contributed by atoms with E-state index in [1.165, 1.54) is 31.4 Å². The van der Waals surface area contributed by atoms with Gasteiger partial charge in [-0.2, -0.15) is 0 Å². The minimum absolute atomic E-state index is 0.0186. The number of hydrogen-bond acceptors (Lipinski definition) is 3. The number of halogens is 4. The molecule has 0 atom stereocenters. The van der Waals surface area contributed by atoms with Crippen LogP contribution in [0.4, 0.5) is 8.78 Å². The standard InChI is InChI=1S/C23H20Cl2F2N2O2/c1-31-23(30)20-21(14-10-11-17(26)16(25)12-14)29(18-9-5-8-15(24)19(18)27)22(28-20)13-6-3-2-4-7-13/h5,8-13H,2-4,6-7H2,1H3. The summed E-state index contributed by atoms with van der Waals surface area (Å²) < 4.78 is 35.6. The zero-order chi connectivity index (χ0) is 22.1. The Morgan fingerprint density at radius 2 is 1.84 bits per heavy atom. The molecule has 1 heterocycles. The van der Waals surface area contributed by atoms with Gasteiger partial charge >= 0.3 is 5.97 Å². The van der Waals surface area contributed by atoms with Crippen LogP contribution in [-0.4, -0.2) is 22.6 Å². The average Bonchev–Trinajstić information content (AvgIpc) is 3.18. The van der Waals surface area contributed by atoms with E-state index >= 15 is 4.39 Å². The van der Waals surface area contributed by atoms with Gasteiger partial charge in [-0.15, -0.1) is 0 Å². The van der Waals surface area contributed by atoms with Crippen LogP contribution in [-0.2, 0) is 4.74 Å². The predicted octanol–water partition coefficient (Wildman–Crippen LogP) is 6.96. The van der Waals surface area contributed by atoms with Crippen LogP contribution in [0, 0.1) is 11.6 Å². The molecule has 4 nitrogen and oxygen atoms in total. The van der Waals surface area contributed by atoms with Crippen molar-refractivity contribution in [1.29, 1.82) is 0 Å². The number of imidazole rings is 1. The van der Waals surface area contributed by atoms with Crippen LogP contribution in [0.1, 0.15) is 54.3 Å². The fourth-order valence-electron chi connectivity index (χ4n) is 4.13. The summed E-state index contributed by atoms with van der Waals surface area (Å²) in [5.41, 5.74) is 0.882. The highest BCUT2D eigenvalue weighted by atomic mass is 35.5. The average molecular weight is 465 g/mol. The summed E-state index contributed by atoms with van der Waals surface area (Å²) in [6, 6.07) is 8.73. The molecule has 1 aliphatic carbocycles. The van der Waals surface area contributed by atoms with E-state index in [4.69, 9.17) is 27.9 Å². The lowest BCUT2D eigenvalue weighted by molar-refractivity contribution is 0.0595. The third-order valence-electron chi connectivity index (χ3n) is 5.62. The third-order valence-corrected chi connectivity index (χ3v) is 6.20. The lowest BCUT2D eigenvalue weighted by Gasteiger charge is -2.23. The molecule has 1 aliphatic rings. The summed E-state index contributed by atoms with van der Waals surface area (Å²) in [6.45, 7) is 0. The molecule has 2 aromatic carbocycles. The van der Waals surface area contributed by atoms with E-state index in [0.29, 0.717) is 11.4 Å². The molecule has 1 fully saturated rings. The van der Waals surface area contributed by atoms with Gasteiger partial charge < -0.3 is 4.74 Å². The van der Waals surface area contributed by atoms with E-state index in [1.807, 2.05) is 0 Å². The van der Waals surface area contributed by atoms with E-state index in [-0.39, 0.29) is 33.0 Å². The molecule has 4 rings (SSSR count). The summed E-state index contributed by atoms with van der Waals surface area (Å²) in [5, 5.41) is -0.171. The molecule has 31 heavy (non-hydrogen) atoms. The minimum atomic E-state index is -0.673. The largest absolute Gasteiger partial charge is 0.464 e. The molecular formula is C23H20Cl2F2N2O2. The van der Waals surface area contributed by atoms with E-state index < -0.39 is 17.6 Å². The molecule has 0 amide bonds. The predicted molar refractivity (Wildman–Crippen MR) is 116 cm³/mol. The van der Waals surface area contributed by atoms with Crippen molar-refractivity contribution in [3.63, 3.8) is 0 Å². The van der Waals surface area contributed by atoms with Crippen LogP contribution in [0.2, 0.25) is 10.0 Å². The Morgan fingerprint density at radius 3 is 2.52 bits per heavy atom. The Labute approximate surface area is 188 Å². The second-order valence-electron chi connectivity index (χ2n) is 7.53. The van der Waals surface area contributed by atoms with Gasteiger partial charge in [-0.1, -0.05) is 48.5 Å². The summed E-state index contributed by atoms with van der Waals surface area (Å²) >= 11 is 12.1. The number of aromatic nitrogens is 2. The summed E-state index contributed by atoms with van der Waals surface area (Å²) in [5.74, 6) is -1.33. The molecule has 1 aromatic heterocycles. The quantitative estimate of drug-likeness (QED) is 0.392. The second kappa shape index (κ2) is 8.97. The van der Waals surface area contributed by atoms with Gasteiger partial charge in [0.2, 0.25) is 0 Å². The normalized spacial score (nSPS) is 14.6. The number of rotatable bonds is 4. The molecule has 8 heteroatoms. The van der Waals surface area contributed by atoms with E-state index in [9.17, 15) is 9.18 Å². The van der Waals surface area contributed by atoms with Gasteiger partial charge in [0, 0.05) is 11.5 Å². The first kappa shape index (κ1) is 21.8. The molecule has 0 N–H and O–H groups in total. The zero-order valence-corrected chi connectivity index (χ0v) is 18.3. The number of benzene rings is 2. The number of nitrogens with zero attached hydrogens (tertiary/aromatic N) is 2. The van der Waals surface area contributed by atoms with Crippen molar-refractivity contribution in [2.45, 2.75) is 38.0 Å². The lowest BCUT2D eigenvalue weighted by atomic mass is 9.88. The van der Waals surface area contributed by atoms with Crippen molar-refractivity contribution < 1.29 is 18.3 Å². The monoisotopic (exact) mass is 464 g/mol. The highest BCUT2D eigenvalue weighted by Gasteiger charge is 2.31. The Balaban J connectivity index is 2.06. The first-order valence-corrected chi connectivity index (χ1v) is 10.8. The van der Waals surface area contributed by atoms with Crippen LogP contribution in [0.3, 0.4) is 0 Å². The number of methoxy groups -OCH3 is 1. The Kier molecular flexibility index (Phi) is 6.30. The number of esters is 1. The SMILES string of the molecule is COC(=O)c1nc(C2CCCCC2)n(-c2cccc(Cl)c2F)c1-c1ccc(F)c(Cl)c1. The van der Waals surface area contributed by atoms with Crippen molar-refractivity contribution >= 4 is 29.2 Å². The Morgan fingerprint density at radius 1 is 1.10 bits per heavy atom. The van der Waals surface area contributed by atoms with Crippen LogP contribution >= 0.6 is 23.2 Å². The summed E-state index contributed by atoms with van der Waals surface area (Å²) in [7, 11) is 1.25. The summed E-state index contributed by atoms with van der Waals surface area (Å²) in [6.07, 6.45) is 4.88. The van der Waals surface area contributed by atoms with Gasteiger partial charge in [-0.05, 0) is 43.2 Å². The first-order chi connectivity index (χ1) is 14.9. The number of hydrogen-bond donors (Lipinski definition) is 0. The molecule has 0 bridgehead atoms. The maximum Gasteiger partial charge on any atom is 0.358 e. The van der Waals surface area contributed by atoms with Gasteiger partial charge in [0.1, 0.15) is 11.6 Å². The van der Waals surface area contributed by atoms with E-state index in [1.54, 1.807) is 16.7 Å². The second-order valence-corrected chi connectivity index (χ2v) is 8.35. The third kappa shape index (κ3) is 4.06. The lowest BCUT2D eigenvalue weighted by Crippen LogP contribution is -2.13. The number of carbonyl (C=O) groups is 1. The molecule has 3 aromatic rings. The first-order valence-electron chi connectivity index (χ1n) is 10.0. The van der Waals surface area contributed by atoms with Crippen LogP contribution in [0.5, 0.6) is 0 Å². The van der Waals surface area contributed by atoms with Crippen molar-refractivity contribution in [1.82, 2.24) is 9.55 Å². The van der Waals surface area contributed by atoms with Crippen LogP contribution in [0.15, 0.2) is 36.4 Å². The van der Waals surface area contributed by atoms with Gasteiger partial charge in [0.15, 0.2) is 11.5 Å². The molecule has 0 saturated heterocycles. The highest BCUT2D eigenvalue weighted by Crippen LogP contribution is 2.39. The van der Waals surface area contributed by atoms with Crippen molar-refractivity contribution in [3.8, 4) is 16.9 Å².